The molecule has 112 valence electrons. The number of alkyl halides is 1. The van der Waals surface area contributed by atoms with Crippen molar-refractivity contribution < 1.29 is 8.78 Å². The van der Waals surface area contributed by atoms with Crippen LogP contribution in [0.2, 0.25) is 0 Å². The number of hydrogen-bond acceptors (Lipinski definition) is 0. The predicted molar refractivity (Wildman–Crippen MR) is 83.9 cm³/mol. The summed E-state index contributed by atoms with van der Waals surface area (Å²) in [5.74, 6) is -0.919. The molecule has 2 aromatic carbocycles. The molecule has 0 saturated heterocycles. The van der Waals surface area contributed by atoms with Crippen molar-refractivity contribution in [1.29, 1.82) is 0 Å². The van der Waals surface area contributed by atoms with Crippen molar-refractivity contribution in [2.24, 2.45) is 0 Å². The normalized spacial score (nSPS) is 13.3. The summed E-state index contributed by atoms with van der Waals surface area (Å²) in [6, 6.07) is 10.1. The van der Waals surface area contributed by atoms with Crippen LogP contribution in [0.5, 0.6) is 0 Å². The van der Waals surface area contributed by atoms with Crippen molar-refractivity contribution in [3.05, 3.63) is 70.3 Å². The van der Waals surface area contributed by atoms with Gasteiger partial charge in [0.2, 0.25) is 0 Å². The summed E-state index contributed by atoms with van der Waals surface area (Å²) in [5.41, 5.74) is 2.42. The standard InChI is InChI=1S/C18H19ClF2/c1-11-9-16(21)14(10-15(11)20)17(19)12-5-7-13(8-6-12)18(2,3)4/h5-10,17H,1-4H3. The molecule has 0 aromatic heterocycles. The van der Waals surface area contributed by atoms with Gasteiger partial charge in [-0.15, -0.1) is 11.6 Å². The minimum absolute atomic E-state index is 0.0432. The van der Waals surface area contributed by atoms with Crippen molar-refractivity contribution in [3.8, 4) is 0 Å². The van der Waals surface area contributed by atoms with Gasteiger partial charge >= 0.3 is 0 Å². The van der Waals surface area contributed by atoms with Crippen molar-refractivity contribution in [1.82, 2.24) is 0 Å². The van der Waals surface area contributed by atoms with E-state index < -0.39 is 17.0 Å². The molecule has 1 atom stereocenters. The van der Waals surface area contributed by atoms with E-state index in [9.17, 15) is 8.78 Å². The van der Waals surface area contributed by atoms with Crippen molar-refractivity contribution >= 4 is 11.6 Å². The van der Waals surface area contributed by atoms with Crippen LogP contribution in [0.25, 0.3) is 0 Å². The van der Waals surface area contributed by atoms with Crippen LogP contribution in [-0.4, -0.2) is 0 Å². The van der Waals surface area contributed by atoms with Gasteiger partial charge in [-0.1, -0.05) is 45.0 Å². The summed E-state index contributed by atoms with van der Waals surface area (Å²) in [7, 11) is 0. The number of benzene rings is 2. The monoisotopic (exact) mass is 308 g/mol. The molecule has 0 saturated carbocycles. The lowest BCUT2D eigenvalue weighted by Crippen LogP contribution is -2.11. The minimum atomic E-state index is -0.700. The van der Waals surface area contributed by atoms with Gasteiger partial charge in [-0.05, 0) is 41.2 Å². The Morgan fingerprint density at radius 1 is 0.952 bits per heavy atom. The van der Waals surface area contributed by atoms with Crippen LogP contribution in [0.4, 0.5) is 8.78 Å². The lowest BCUT2D eigenvalue weighted by molar-refractivity contribution is 0.580. The molecule has 0 nitrogen and oxygen atoms in total. The van der Waals surface area contributed by atoms with E-state index in [1.54, 1.807) is 0 Å². The van der Waals surface area contributed by atoms with Crippen molar-refractivity contribution in [3.63, 3.8) is 0 Å². The van der Waals surface area contributed by atoms with Gasteiger partial charge in [-0.25, -0.2) is 8.78 Å². The zero-order valence-corrected chi connectivity index (χ0v) is 13.4. The predicted octanol–water partition coefficient (Wildman–Crippen LogP) is 5.90. The second kappa shape index (κ2) is 5.76. The quantitative estimate of drug-likeness (QED) is 0.606. The first kappa shape index (κ1) is 16.0. The molecule has 2 rings (SSSR count). The Morgan fingerprint density at radius 3 is 2.05 bits per heavy atom. The molecule has 3 heteroatoms. The average molecular weight is 309 g/mol. The fraction of sp³-hybridized carbons (Fsp3) is 0.333. The zero-order valence-electron chi connectivity index (χ0n) is 12.7. The Hall–Kier alpha value is -1.41. The van der Waals surface area contributed by atoms with Gasteiger partial charge in [0, 0.05) is 5.56 Å². The van der Waals surface area contributed by atoms with Crippen LogP contribution in [0.3, 0.4) is 0 Å². The SMILES string of the molecule is Cc1cc(F)c(C(Cl)c2ccc(C(C)(C)C)cc2)cc1F. The fourth-order valence-electron chi connectivity index (χ4n) is 2.19. The number of halogens is 3. The van der Waals surface area contributed by atoms with Gasteiger partial charge in [0.1, 0.15) is 11.6 Å². The highest BCUT2D eigenvalue weighted by Gasteiger charge is 2.19. The van der Waals surface area contributed by atoms with Crippen LogP contribution in [0, 0.1) is 18.6 Å². The number of aryl methyl sites for hydroxylation is 1. The maximum atomic E-state index is 14.0. The molecule has 0 spiro atoms. The molecule has 0 aliphatic heterocycles. The molecule has 0 bridgehead atoms. The molecule has 21 heavy (non-hydrogen) atoms. The third-order valence-electron chi connectivity index (χ3n) is 3.62. The van der Waals surface area contributed by atoms with Gasteiger partial charge in [0.25, 0.3) is 0 Å². The third kappa shape index (κ3) is 3.44. The van der Waals surface area contributed by atoms with Crippen LogP contribution in [0.1, 0.15) is 48.4 Å². The lowest BCUT2D eigenvalue weighted by atomic mass is 9.86. The highest BCUT2D eigenvalue weighted by atomic mass is 35.5. The van der Waals surface area contributed by atoms with E-state index in [2.05, 4.69) is 20.8 Å². The second-order valence-corrected chi connectivity index (χ2v) is 6.79. The number of hydrogen-bond donors (Lipinski definition) is 0. The summed E-state index contributed by atoms with van der Waals surface area (Å²) >= 11 is 6.32. The van der Waals surface area contributed by atoms with E-state index in [1.807, 2.05) is 24.3 Å². The summed E-state index contributed by atoms with van der Waals surface area (Å²) < 4.78 is 27.6. The molecule has 0 N–H and O–H groups in total. The Bertz CT molecular complexity index is 640. The minimum Gasteiger partial charge on any atom is -0.207 e. The van der Waals surface area contributed by atoms with Crippen LogP contribution < -0.4 is 0 Å². The topological polar surface area (TPSA) is 0 Å². The third-order valence-corrected chi connectivity index (χ3v) is 4.11. The van der Waals surface area contributed by atoms with Crippen LogP contribution >= 0.6 is 11.6 Å². The molecule has 1 unspecified atom stereocenters. The molecule has 0 fully saturated rings. The van der Waals surface area contributed by atoms with Crippen molar-refractivity contribution in [2.45, 2.75) is 38.5 Å². The second-order valence-electron chi connectivity index (χ2n) is 6.36. The van der Waals surface area contributed by atoms with Crippen molar-refractivity contribution in [2.75, 3.05) is 0 Å². The van der Waals surface area contributed by atoms with Crippen LogP contribution in [0.15, 0.2) is 36.4 Å². The molecule has 0 radical (unpaired) electrons. The molecular formula is C18H19ClF2. The van der Waals surface area contributed by atoms with E-state index in [1.165, 1.54) is 24.6 Å². The summed E-state index contributed by atoms with van der Waals surface area (Å²) in [5, 5.41) is -0.700. The highest BCUT2D eigenvalue weighted by Crippen LogP contribution is 2.33. The Labute approximate surface area is 129 Å². The first-order valence-corrected chi connectivity index (χ1v) is 7.34. The van der Waals surface area contributed by atoms with Crippen LogP contribution in [-0.2, 0) is 5.41 Å². The molecular weight excluding hydrogens is 290 g/mol. The van der Waals surface area contributed by atoms with Gasteiger partial charge in [0.15, 0.2) is 0 Å². The highest BCUT2D eigenvalue weighted by molar-refractivity contribution is 6.22. The van der Waals surface area contributed by atoms with E-state index >= 15 is 0 Å². The molecule has 0 heterocycles. The molecule has 2 aromatic rings. The van der Waals surface area contributed by atoms with E-state index in [4.69, 9.17) is 11.6 Å². The molecule has 0 amide bonds. The lowest BCUT2D eigenvalue weighted by Gasteiger charge is -2.20. The molecule has 0 aliphatic rings. The van der Waals surface area contributed by atoms with Gasteiger partial charge < -0.3 is 0 Å². The van der Waals surface area contributed by atoms with Gasteiger partial charge in [-0.2, -0.15) is 0 Å². The van der Waals surface area contributed by atoms with E-state index in [0.29, 0.717) is 0 Å². The maximum Gasteiger partial charge on any atom is 0.128 e. The maximum absolute atomic E-state index is 14.0. The fourth-order valence-corrected chi connectivity index (χ4v) is 2.50. The first-order chi connectivity index (χ1) is 9.70. The summed E-state index contributed by atoms with van der Waals surface area (Å²) in [6.07, 6.45) is 0. The summed E-state index contributed by atoms with van der Waals surface area (Å²) in [6.45, 7) is 7.89. The smallest absolute Gasteiger partial charge is 0.128 e. The molecule has 0 aliphatic carbocycles. The Kier molecular flexibility index (Phi) is 4.38. The summed E-state index contributed by atoms with van der Waals surface area (Å²) in [4.78, 5) is 0. The Balaban J connectivity index is 2.36. The first-order valence-electron chi connectivity index (χ1n) is 6.90. The van der Waals surface area contributed by atoms with Gasteiger partial charge in [0.05, 0.1) is 5.38 Å². The Morgan fingerprint density at radius 2 is 1.52 bits per heavy atom. The average Bonchev–Trinajstić information content (AvgIpc) is 2.41. The van der Waals surface area contributed by atoms with E-state index in [0.717, 1.165) is 5.56 Å². The largest absolute Gasteiger partial charge is 0.207 e. The number of rotatable bonds is 2. The van der Waals surface area contributed by atoms with Gasteiger partial charge in [-0.3, -0.25) is 0 Å². The zero-order chi connectivity index (χ0) is 15.8. The van der Waals surface area contributed by atoms with E-state index in [-0.39, 0.29) is 16.5 Å².